The number of nitrogens with zero attached hydrogens (tertiary/aromatic N) is 1. The minimum absolute atomic E-state index is 0.0301. The molecule has 0 aromatic rings. The van der Waals surface area contributed by atoms with Gasteiger partial charge in [0.2, 0.25) is 5.91 Å². The Labute approximate surface area is 419 Å². The predicted molar refractivity (Wildman–Crippen MR) is 288 cm³/mol. The van der Waals surface area contributed by atoms with E-state index in [1.165, 1.54) is 96.3 Å². The van der Waals surface area contributed by atoms with E-state index in [0.29, 0.717) is 23.9 Å². The van der Waals surface area contributed by atoms with Gasteiger partial charge in [-0.2, -0.15) is 0 Å². The van der Waals surface area contributed by atoms with Crippen LogP contribution in [0.1, 0.15) is 233 Å². The summed E-state index contributed by atoms with van der Waals surface area (Å²) >= 11 is 0. The molecule has 0 saturated carbocycles. The Hall–Kier alpha value is -2.55. The minimum Gasteiger partial charge on any atom is -0.756 e. The number of likely N-dealkylation sites (N-methyl/N-ethyl adjacent to an activating group) is 1. The van der Waals surface area contributed by atoms with Gasteiger partial charge in [-0.1, -0.05) is 210 Å². The average Bonchev–Trinajstić information content (AvgIpc) is 3.29. The molecule has 0 bridgehead atoms. The molecule has 0 aromatic carbocycles. The Balaban J connectivity index is 5.40. The normalized spacial score (nSPS) is 14.4. The number of nitrogens with one attached hydrogen (secondary N) is 1. The van der Waals surface area contributed by atoms with E-state index in [-0.39, 0.29) is 24.9 Å². The number of ether oxygens (including phenoxy) is 1. The van der Waals surface area contributed by atoms with E-state index in [4.69, 9.17) is 13.8 Å². The van der Waals surface area contributed by atoms with E-state index >= 15 is 0 Å². The Morgan fingerprint density at radius 1 is 0.544 bits per heavy atom. The SMILES string of the molecule is CC/C=C/C=C/C=C\CCCCCCCC(=O)OC(/C=C\CCCCCCCCCCCC)C(COP(=O)([O-])OCC[N+](C)(C)C)NC(=O)CCCCCCCCC/C=C\C/C=C\CCCCC. The highest BCUT2D eigenvalue weighted by Gasteiger charge is 2.27. The number of rotatable bonds is 49. The van der Waals surface area contributed by atoms with Crippen molar-refractivity contribution in [1.29, 1.82) is 0 Å². The largest absolute Gasteiger partial charge is 0.756 e. The number of hydrogen-bond acceptors (Lipinski definition) is 7. The highest BCUT2D eigenvalue weighted by Crippen LogP contribution is 2.38. The Morgan fingerprint density at radius 3 is 1.54 bits per heavy atom. The highest BCUT2D eigenvalue weighted by atomic mass is 31.2. The van der Waals surface area contributed by atoms with Crippen molar-refractivity contribution in [3.05, 3.63) is 72.9 Å². The summed E-state index contributed by atoms with van der Waals surface area (Å²) in [7, 11) is 1.16. The number of phosphoric ester groups is 1. The fourth-order valence-electron chi connectivity index (χ4n) is 7.61. The summed E-state index contributed by atoms with van der Waals surface area (Å²) in [5, 5.41) is 3.01. The van der Waals surface area contributed by atoms with Crippen LogP contribution in [0.4, 0.5) is 0 Å². The summed E-state index contributed by atoms with van der Waals surface area (Å²) in [5.41, 5.74) is 0. The van der Waals surface area contributed by atoms with Crippen LogP contribution in [0.15, 0.2) is 72.9 Å². The lowest BCUT2D eigenvalue weighted by molar-refractivity contribution is -0.870. The van der Waals surface area contributed by atoms with Crippen LogP contribution in [0.5, 0.6) is 0 Å². The summed E-state index contributed by atoms with van der Waals surface area (Å²) in [6.07, 6.45) is 60.0. The molecular weight excluding hydrogens is 868 g/mol. The first-order valence-electron chi connectivity index (χ1n) is 27.8. The summed E-state index contributed by atoms with van der Waals surface area (Å²) in [5.74, 6) is -0.577. The lowest BCUT2D eigenvalue weighted by atomic mass is 10.0. The summed E-state index contributed by atoms with van der Waals surface area (Å²) in [6, 6.07) is -0.902. The molecule has 10 heteroatoms. The number of phosphoric acid groups is 1. The summed E-state index contributed by atoms with van der Waals surface area (Å²) < 4.78 is 30.2. The van der Waals surface area contributed by atoms with Crippen LogP contribution in [0, 0.1) is 0 Å². The van der Waals surface area contributed by atoms with Crippen molar-refractivity contribution in [3.63, 3.8) is 0 Å². The van der Waals surface area contributed by atoms with Crippen LogP contribution in [-0.2, 0) is 27.9 Å². The fourth-order valence-corrected chi connectivity index (χ4v) is 8.33. The van der Waals surface area contributed by atoms with Gasteiger partial charge in [-0.25, -0.2) is 0 Å². The number of allylic oxidation sites excluding steroid dienone is 11. The molecule has 0 aliphatic carbocycles. The van der Waals surface area contributed by atoms with Gasteiger partial charge in [0.05, 0.1) is 33.8 Å². The van der Waals surface area contributed by atoms with Crippen molar-refractivity contribution in [2.24, 2.45) is 0 Å². The smallest absolute Gasteiger partial charge is 0.306 e. The number of carbonyl (C=O) groups excluding carboxylic acids is 2. The first kappa shape index (κ1) is 65.5. The molecule has 0 rings (SSSR count). The molecule has 68 heavy (non-hydrogen) atoms. The molecule has 0 fully saturated rings. The Kier molecular flexibility index (Phi) is 46.3. The van der Waals surface area contributed by atoms with E-state index in [1.807, 2.05) is 39.4 Å². The number of quaternary nitrogens is 1. The lowest BCUT2D eigenvalue weighted by Gasteiger charge is -2.30. The van der Waals surface area contributed by atoms with Crippen LogP contribution in [0.2, 0.25) is 0 Å². The van der Waals surface area contributed by atoms with Crippen molar-refractivity contribution < 1.29 is 37.3 Å². The molecule has 1 amide bonds. The van der Waals surface area contributed by atoms with Gasteiger partial charge in [0, 0.05) is 12.8 Å². The van der Waals surface area contributed by atoms with Gasteiger partial charge in [-0.05, 0) is 83.1 Å². The van der Waals surface area contributed by atoms with Crippen LogP contribution in [0.3, 0.4) is 0 Å². The second-order valence-corrected chi connectivity index (χ2v) is 21.2. The van der Waals surface area contributed by atoms with Gasteiger partial charge < -0.3 is 28.5 Å². The van der Waals surface area contributed by atoms with Gasteiger partial charge in [0.15, 0.2) is 0 Å². The molecule has 0 saturated heterocycles. The van der Waals surface area contributed by atoms with Gasteiger partial charge in [-0.3, -0.25) is 14.2 Å². The zero-order valence-electron chi connectivity index (χ0n) is 44.8. The molecule has 3 unspecified atom stereocenters. The van der Waals surface area contributed by atoms with Crippen molar-refractivity contribution in [3.8, 4) is 0 Å². The van der Waals surface area contributed by atoms with Crippen LogP contribution in [0.25, 0.3) is 0 Å². The molecule has 0 aromatic heterocycles. The second kappa shape index (κ2) is 48.1. The Morgan fingerprint density at radius 2 is 1.00 bits per heavy atom. The Bertz CT molecular complexity index is 1400. The third-order valence-electron chi connectivity index (χ3n) is 11.9. The zero-order chi connectivity index (χ0) is 50.1. The molecule has 1 N–H and O–H groups in total. The van der Waals surface area contributed by atoms with E-state index < -0.39 is 26.6 Å². The van der Waals surface area contributed by atoms with Gasteiger partial charge >= 0.3 is 5.97 Å². The number of unbranched alkanes of at least 4 members (excludes halogenated alkanes) is 25. The van der Waals surface area contributed by atoms with Gasteiger partial charge in [0.25, 0.3) is 7.82 Å². The summed E-state index contributed by atoms with van der Waals surface area (Å²) in [6.45, 7) is 6.65. The maximum Gasteiger partial charge on any atom is 0.306 e. The molecule has 0 spiro atoms. The van der Waals surface area contributed by atoms with Gasteiger partial charge in [-0.15, -0.1) is 0 Å². The number of hydrogen-bond donors (Lipinski definition) is 1. The van der Waals surface area contributed by atoms with E-state index in [2.05, 4.69) is 80.8 Å². The fraction of sp³-hybridized carbons (Fsp3) is 0.759. The number of esters is 1. The van der Waals surface area contributed by atoms with Crippen LogP contribution in [-0.4, -0.2) is 69.4 Å². The van der Waals surface area contributed by atoms with Crippen molar-refractivity contribution in [1.82, 2.24) is 5.32 Å². The van der Waals surface area contributed by atoms with Crippen LogP contribution < -0.4 is 10.2 Å². The van der Waals surface area contributed by atoms with E-state index in [9.17, 15) is 19.0 Å². The van der Waals surface area contributed by atoms with E-state index in [0.717, 1.165) is 96.3 Å². The maximum absolute atomic E-state index is 13.5. The van der Waals surface area contributed by atoms with Crippen LogP contribution >= 0.6 is 7.82 Å². The molecule has 394 valence electrons. The molecule has 0 aliphatic heterocycles. The van der Waals surface area contributed by atoms with Crippen molar-refractivity contribution >= 4 is 19.7 Å². The summed E-state index contributed by atoms with van der Waals surface area (Å²) in [4.78, 5) is 39.8. The first-order chi connectivity index (χ1) is 32.9. The number of carbonyl (C=O) groups is 2. The monoisotopic (exact) mass is 973 g/mol. The third-order valence-corrected chi connectivity index (χ3v) is 12.9. The molecular formula is C58H105N2O7P. The average molecular weight is 973 g/mol. The lowest BCUT2D eigenvalue weighted by Crippen LogP contribution is -2.47. The predicted octanol–water partition coefficient (Wildman–Crippen LogP) is 15.9. The van der Waals surface area contributed by atoms with Crippen molar-refractivity contribution in [2.45, 2.75) is 245 Å². The molecule has 0 aliphatic rings. The number of amides is 1. The maximum atomic E-state index is 13.5. The molecule has 9 nitrogen and oxygen atoms in total. The third kappa shape index (κ3) is 48.5. The van der Waals surface area contributed by atoms with Gasteiger partial charge in [0.1, 0.15) is 19.3 Å². The molecule has 0 radical (unpaired) electrons. The second-order valence-electron chi connectivity index (χ2n) is 19.8. The van der Waals surface area contributed by atoms with E-state index in [1.54, 1.807) is 0 Å². The zero-order valence-corrected chi connectivity index (χ0v) is 45.7. The molecule has 0 heterocycles. The first-order valence-corrected chi connectivity index (χ1v) is 29.2. The highest BCUT2D eigenvalue weighted by molar-refractivity contribution is 7.45. The van der Waals surface area contributed by atoms with Crippen molar-refractivity contribution in [2.75, 3.05) is 40.9 Å². The standard InChI is InChI=1S/C58H105N2O7P/c1-7-10-13-16-19-22-25-28-29-30-31-33-35-38-41-44-47-50-57(61)59-55(54-66-68(63,64)65-53-52-60(4,5)6)56(49-46-43-40-37-34-27-24-21-18-15-12-9-3)67-58(62)51-48-45-42-39-36-32-26-23-20-17-14-11-8-2/h11,14,17,19-20,22-23,26,28-29,46,49,55-56H,7-10,12-13,15-16,18,21,24-25,27,30-45,47-48,50-54H2,1-6H3,(H-,59,61,63,64)/b14-11+,20-17+,22-19-,26-23-,29-28-,49-46-. The quantitative estimate of drug-likeness (QED) is 0.0161. The minimum atomic E-state index is -4.70. The topological polar surface area (TPSA) is 114 Å². The molecule has 3 atom stereocenters.